The molecule has 0 amide bonds. The predicted molar refractivity (Wildman–Crippen MR) is 130 cm³/mol. The van der Waals surface area contributed by atoms with Gasteiger partial charge in [-0.2, -0.15) is 0 Å². The number of pyridine rings is 1. The Balaban J connectivity index is 0.00000363. The van der Waals surface area contributed by atoms with E-state index in [4.69, 9.17) is 38.8 Å². The molecule has 32 heavy (non-hydrogen) atoms. The molecule has 0 aliphatic carbocycles. The molecule has 3 aromatic rings. The molecule has 3 N–H and O–H groups in total. The average molecular weight is 523 g/mol. The minimum absolute atomic E-state index is 0. The van der Waals surface area contributed by atoms with Gasteiger partial charge < -0.3 is 20.5 Å². The fourth-order valence-electron chi connectivity index (χ4n) is 2.55. The van der Waals surface area contributed by atoms with Gasteiger partial charge in [0.05, 0.1) is 17.7 Å². The third-order valence-electron chi connectivity index (χ3n) is 4.53. The lowest BCUT2D eigenvalue weighted by atomic mass is 10.2. The second kappa shape index (κ2) is 11.4. The molecule has 7 nitrogen and oxygen atoms in total. The third-order valence-corrected chi connectivity index (χ3v) is 6.04. The van der Waals surface area contributed by atoms with Crippen LogP contribution in [0.2, 0.25) is 10.2 Å². The first kappa shape index (κ1) is 26.5. The van der Waals surface area contributed by atoms with Crippen molar-refractivity contribution in [3.8, 4) is 26.9 Å². The normalized spacial score (nSPS) is 11.9. The number of aromatic nitrogens is 3. The molecule has 3 rings (SSSR count). The predicted octanol–water partition coefficient (Wildman–Crippen LogP) is 4.68. The van der Waals surface area contributed by atoms with Crippen LogP contribution in [0.1, 0.15) is 13.8 Å². The van der Waals surface area contributed by atoms with E-state index in [1.54, 1.807) is 6.07 Å². The maximum Gasteiger partial charge on any atom is 0.165 e. The molecule has 12 heteroatoms. The van der Waals surface area contributed by atoms with Gasteiger partial charge in [-0.1, -0.05) is 34.5 Å². The topological polar surface area (TPSA) is 97.4 Å². The highest BCUT2D eigenvalue weighted by Crippen LogP contribution is 2.38. The van der Waals surface area contributed by atoms with Gasteiger partial charge in [-0.25, -0.2) is 9.37 Å². The van der Waals surface area contributed by atoms with Crippen LogP contribution < -0.4 is 15.4 Å². The molecule has 0 fully saturated rings. The molecule has 0 spiro atoms. The maximum atomic E-state index is 14.5. The van der Waals surface area contributed by atoms with Gasteiger partial charge in [0.25, 0.3) is 0 Å². The largest absolute Gasteiger partial charge is 0.489 e. The zero-order chi connectivity index (χ0) is 22.7. The Labute approximate surface area is 205 Å². The van der Waals surface area contributed by atoms with Crippen LogP contribution in [0.25, 0.3) is 21.1 Å². The second-order valence-electron chi connectivity index (χ2n) is 7.17. The Morgan fingerprint density at radius 1 is 1.19 bits per heavy atom. The molecule has 0 unspecified atom stereocenters. The molecule has 1 atom stereocenters. The van der Waals surface area contributed by atoms with Crippen molar-refractivity contribution in [2.75, 3.05) is 25.2 Å². The van der Waals surface area contributed by atoms with Crippen molar-refractivity contribution in [3.05, 3.63) is 40.3 Å². The maximum absolute atomic E-state index is 14.5. The molecule has 2 heterocycles. The van der Waals surface area contributed by atoms with Gasteiger partial charge in [0.15, 0.2) is 11.6 Å². The molecule has 0 aliphatic rings. The zero-order valence-corrected chi connectivity index (χ0v) is 20.7. The van der Waals surface area contributed by atoms with Crippen LogP contribution in [0.15, 0.2) is 24.3 Å². The van der Waals surface area contributed by atoms with Crippen LogP contribution in [-0.2, 0) is 0 Å². The summed E-state index contributed by atoms with van der Waals surface area (Å²) in [6.07, 6.45) is 0. The van der Waals surface area contributed by atoms with E-state index in [1.165, 1.54) is 23.5 Å². The zero-order valence-electron chi connectivity index (χ0n) is 17.6. The van der Waals surface area contributed by atoms with E-state index in [1.807, 2.05) is 31.9 Å². The summed E-state index contributed by atoms with van der Waals surface area (Å²) in [6.45, 7) is 3.79. The lowest BCUT2D eigenvalue weighted by Gasteiger charge is -2.23. The highest BCUT2D eigenvalue weighted by Gasteiger charge is 2.18. The van der Waals surface area contributed by atoms with Crippen LogP contribution in [0.3, 0.4) is 0 Å². The molecule has 0 radical (unpaired) electrons. The van der Waals surface area contributed by atoms with E-state index in [-0.39, 0.29) is 42.4 Å². The fraction of sp³-hybridized carbons (Fsp3) is 0.350. The van der Waals surface area contributed by atoms with Crippen LogP contribution in [0.4, 0.5) is 10.2 Å². The lowest BCUT2D eigenvalue weighted by molar-refractivity contribution is 0.202. The van der Waals surface area contributed by atoms with Gasteiger partial charge in [-0.15, -0.1) is 22.6 Å². The highest BCUT2D eigenvalue weighted by atomic mass is 35.5. The van der Waals surface area contributed by atoms with E-state index in [0.717, 1.165) is 5.56 Å². The molecular formula is C20H23Cl3FN5O2S. The van der Waals surface area contributed by atoms with Crippen molar-refractivity contribution in [1.29, 1.82) is 0 Å². The highest BCUT2D eigenvalue weighted by molar-refractivity contribution is 7.18. The van der Waals surface area contributed by atoms with Gasteiger partial charge >= 0.3 is 0 Å². The first-order valence-electron chi connectivity index (χ1n) is 9.42. The van der Waals surface area contributed by atoms with Crippen molar-refractivity contribution in [1.82, 2.24) is 15.2 Å². The number of rotatable bonds is 8. The molecular weight excluding hydrogens is 500 g/mol. The van der Waals surface area contributed by atoms with E-state index in [0.29, 0.717) is 26.5 Å². The van der Waals surface area contributed by atoms with Crippen molar-refractivity contribution >= 4 is 52.8 Å². The number of hydrogen-bond acceptors (Lipinski definition) is 8. The monoisotopic (exact) mass is 521 g/mol. The molecule has 0 bridgehead atoms. The number of aliphatic hydroxyl groups excluding tert-OH is 1. The van der Waals surface area contributed by atoms with Crippen molar-refractivity contribution in [2.24, 2.45) is 5.73 Å². The summed E-state index contributed by atoms with van der Waals surface area (Å²) in [6, 6.07) is 5.79. The summed E-state index contributed by atoms with van der Waals surface area (Å²) in [7, 11) is 1.93. The molecule has 0 saturated carbocycles. The van der Waals surface area contributed by atoms with E-state index < -0.39 is 11.9 Å². The van der Waals surface area contributed by atoms with Crippen molar-refractivity contribution in [3.63, 3.8) is 0 Å². The quantitative estimate of drug-likeness (QED) is 0.415. The van der Waals surface area contributed by atoms with Gasteiger partial charge in [0.2, 0.25) is 0 Å². The standard InChI is InChI=1S/C20H22Cl2FN5O2S.ClH/c1-10(2)28(3)18-5-11(4-17(22)25-18)19-26-27-20(31-19)13-6-15(23)16(7-14(13)21)30-9-12(24)8-29;/h4-7,10,12,29H,8-9,24H2,1-3H3;1H/t12-;/m1./s1. The number of nitrogens with zero attached hydrogens (tertiary/aromatic N) is 4. The van der Waals surface area contributed by atoms with Crippen molar-refractivity contribution < 1.29 is 14.2 Å². The minimum Gasteiger partial charge on any atom is -0.489 e. The SMILES string of the molecule is CC(C)N(C)c1cc(-c2nnc(-c3cc(F)c(OC[C@H](N)CO)cc3Cl)s2)cc(Cl)n1.Cl. The summed E-state index contributed by atoms with van der Waals surface area (Å²) in [5, 5.41) is 19.0. The Kier molecular flexibility index (Phi) is 9.44. The van der Waals surface area contributed by atoms with E-state index in [9.17, 15) is 4.39 Å². The van der Waals surface area contributed by atoms with Gasteiger partial charge in [0, 0.05) is 30.3 Å². The second-order valence-corrected chi connectivity index (χ2v) is 8.94. The van der Waals surface area contributed by atoms with Crippen molar-refractivity contribution in [2.45, 2.75) is 25.9 Å². The first-order chi connectivity index (χ1) is 14.7. The number of hydrogen-bond donors (Lipinski definition) is 2. The molecule has 174 valence electrons. The number of anilines is 1. The van der Waals surface area contributed by atoms with Crippen LogP contribution in [0.5, 0.6) is 5.75 Å². The Morgan fingerprint density at radius 2 is 1.88 bits per heavy atom. The lowest BCUT2D eigenvalue weighted by Crippen LogP contribution is -2.31. The number of halogens is 4. The summed E-state index contributed by atoms with van der Waals surface area (Å²) < 4.78 is 19.8. The van der Waals surface area contributed by atoms with Gasteiger partial charge in [-0.05, 0) is 32.0 Å². The Bertz CT molecular complexity index is 1070. The number of aliphatic hydroxyl groups is 1. The first-order valence-corrected chi connectivity index (χ1v) is 11.0. The summed E-state index contributed by atoms with van der Waals surface area (Å²) in [5.74, 6) is 0.0414. The minimum atomic E-state index is -0.617. The summed E-state index contributed by atoms with van der Waals surface area (Å²) in [5.41, 5.74) is 6.72. The van der Waals surface area contributed by atoms with Gasteiger partial charge in [0.1, 0.15) is 27.6 Å². The van der Waals surface area contributed by atoms with E-state index >= 15 is 0 Å². The molecule has 0 saturated heterocycles. The summed E-state index contributed by atoms with van der Waals surface area (Å²) in [4.78, 5) is 6.35. The number of ether oxygens (including phenoxy) is 1. The number of nitrogens with two attached hydrogens (primary N) is 1. The Morgan fingerprint density at radius 3 is 2.53 bits per heavy atom. The summed E-state index contributed by atoms with van der Waals surface area (Å²) >= 11 is 13.8. The fourth-order valence-corrected chi connectivity index (χ4v) is 3.92. The molecule has 0 aliphatic heterocycles. The van der Waals surface area contributed by atoms with Crippen LogP contribution in [-0.4, -0.2) is 52.6 Å². The number of benzene rings is 1. The third kappa shape index (κ3) is 6.18. The van der Waals surface area contributed by atoms with Crippen LogP contribution in [0, 0.1) is 5.82 Å². The average Bonchev–Trinajstić information content (AvgIpc) is 3.22. The van der Waals surface area contributed by atoms with Crippen LogP contribution >= 0.6 is 46.9 Å². The smallest absolute Gasteiger partial charge is 0.165 e. The van der Waals surface area contributed by atoms with E-state index in [2.05, 4.69) is 15.2 Å². The van der Waals surface area contributed by atoms with Gasteiger partial charge in [-0.3, -0.25) is 0 Å². The molecule has 2 aromatic heterocycles. The molecule has 1 aromatic carbocycles. The Hall–Kier alpha value is -1.75.